The molecule has 0 saturated carbocycles. The molecule has 2 rings (SSSR count). The molecule has 1 heterocycles. The summed E-state index contributed by atoms with van der Waals surface area (Å²) < 4.78 is 0.901. The van der Waals surface area contributed by atoms with Crippen LogP contribution in [0, 0.1) is 13.8 Å². The van der Waals surface area contributed by atoms with Crippen molar-refractivity contribution in [2.24, 2.45) is 0 Å². The zero-order valence-electron chi connectivity index (χ0n) is 12.1. The molecule has 1 aromatic heterocycles. The molecule has 0 amide bonds. The molecule has 0 aliphatic carbocycles. The Labute approximate surface area is 127 Å². The smallest absolute Gasteiger partial charge is 0.161 e. The number of aromatic nitrogens is 2. The molecule has 0 atom stereocenters. The topological polar surface area (TPSA) is 58.0 Å². The number of hydrogen-bond acceptors (Lipinski definition) is 4. The van der Waals surface area contributed by atoms with Gasteiger partial charge in [0.1, 0.15) is 11.6 Å². The molecule has 4 nitrogen and oxygen atoms in total. The van der Waals surface area contributed by atoms with Crippen molar-refractivity contribution in [2.75, 3.05) is 12.4 Å². The van der Waals surface area contributed by atoms with Crippen LogP contribution in [0.2, 0.25) is 0 Å². The molecule has 106 valence electrons. The maximum atomic E-state index is 9.86. The second-order valence-corrected chi connectivity index (χ2v) is 5.51. The predicted octanol–water partition coefficient (Wildman–Crippen LogP) is 3.83. The van der Waals surface area contributed by atoms with Crippen molar-refractivity contribution in [3.63, 3.8) is 0 Å². The number of aryl methyl sites for hydroxylation is 3. The van der Waals surface area contributed by atoms with Gasteiger partial charge in [0.25, 0.3) is 0 Å². The van der Waals surface area contributed by atoms with E-state index in [0.29, 0.717) is 11.6 Å². The van der Waals surface area contributed by atoms with Gasteiger partial charge < -0.3 is 10.4 Å². The highest BCUT2D eigenvalue weighted by atomic mass is 79.9. The Morgan fingerprint density at radius 2 is 1.80 bits per heavy atom. The predicted molar refractivity (Wildman–Crippen MR) is 85.2 cm³/mol. The number of nitrogens with zero attached hydrogens (tertiary/aromatic N) is 2. The number of phenolic OH excluding ortho intramolecular Hbond substituents is 1. The van der Waals surface area contributed by atoms with E-state index in [4.69, 9.17) is 0 Å². The molecular formula is C15H18BrN3O. The van der Waals surface area contributed by atoms with Crippen molar-refractivity contribution in [2.45, 2.75) is 27.2 Å². The van der Waals surface area contributed by atoms with Crippen LogP contribution in [0.15, 0.2) is 16.6 Å². The van der Waals surface area contributed by atoms with Crippen LogP contribution in [0.3, 0.4) is 0 Å². The van der Waals surface area contributed by atoms with Crippen LogP contribution < -0.4 is 5.32 Å². The Kier molecular flexibility index (Phi) is 4.28. The summed E-state index contributed by atoms with van der Waals surface area (Å²) in [5.41, 5.74) is 3.53. The molecule has 5 heteroatoms. The molecule has 0 saturated heterocycles. The Balaban J connectivity index is 2.63. The summed E-state index contributed by atoms with van der Waals surface area (Å²) in [5.74, 6) is 1.77. The third-order valence-corrected chi connectivity index (χ3v) is 4.07. The normalized spacial score (nSPS) is 10.7. The molecule has 2 aromatic rings. The molecule has 0 unspecified atom stereocenters. The number of hydrogen-bond donors (Lipinski definition) is 2. The average molecular weight is 336 g/mol. The highest BCUT2D eigenvalue weighted by Gasteiger charge is 2.13. The maximum Gasteiger partial charge on any atom is 0.161 e. The molecule has 0 aliphatic heterocycles. The van der Waals surface area contributed by atoms with Gasteiger partial charge in [-0.3, -0.25) is 0 Å². The molecule has 0 aliphatic rings. The number of anilines is 1. The van der Waals surface area contributed by atoms with Crippen LogP contribution in [0.25, 0.3) is 11.4 Å². The lowest BCUT2D eigenvalue weighted by atomic mass is 10.1. The zero-order valence-corrected chi connectivity index (χ0v) is 13.7. The zero-order chi connectivity index (χ0) is 14.9. The standard InChI is InChI=1S/C15H18BrN3O/c1-5-11-12(16)15(17-4)19-14(18-11)10-6-8(2)13(20)9(3)7-10/h6-7,20H,5H2,1-4H3,(H,17,18,19). The summed E-state index contributed by atoms with van der Waals surface area (Å²) >= 11 is 3.52. The summed E-state index contributed by atoms with van der Waals surface area (Å²) in [5, 5.41) is 12.9. The van der Waals surface area contributed by atoms with Gasteiger partial charge in [0.2, 0.25) is 0 Å². The Hall–Kier alpha value is -1.62. The number of phenols is 1. The first kappa shape index (κ1) is 14.8. The van der Waals surface area contributed by atoms with E-state index in [1.54, 1.807) is 0 Å². The van der Waals surface area contributed by atoms with Crippen LogP contribution in [0.1, 0.15) is 23.7 Å². The van der Waals surface area contributed by atoms with Gasteiger partial charge in [-0.2, -0.15) is 0 Å². The third-order valence-electron chi connectivity index (χ3n) is 3.24. The first-order valence-corrected chi connectivity index (χ1v) is 7.32. The quantitative estimate of drug-likeness (QED) is 0.894. The summed E-state index contributed by atoms with van der Waals surface area (Å²) in [4.78, 5) is 9.13. The van der Waals surface area contributed by atoms with Crippen molar-refractivity contribution >= 4 is 21.7 Å². The van der Waals surface area contributed by atoms with E-state index >= 15 is 0 Å². The Morgan fingerprint density at radius 1 is 1.20 bits per heavy atom. The van der Waals surface area contributed by atoms with Gasteiger partial charge in [-0.05, 0) is 59.5 Å². The van der Waals surface area contributed by atoms with Crippen molar-refractivity contribution in [1.29, 1.82) is 0 Å². The molecule has 0 radical (unpaired) electrons. The van der Waals surface area contributed by atoms with E-state index in [1.807, 2.05) is 33.0 Å². The molecular weight excluding hydrogens is 318 g/mol. The van der Waals surface area contributed by atoms with Gasteiger partial charge in [0, 0.05) is 12.6 Å². The number of rotatable bonds is 3. The molecule has 0 fully saturated rings. The minimum atomic E-state index is 0.329. The van der Waals surface area contributed by atoms with Crippen molar-refractivity contribution in [3.8, 4) is 17.1 Å². The third kappa shape index (κ3) is 2.63. The van der Waals surface area contributed by atoms with Crippen LogP contribution in [-0.2, 0) is 6.42 Å². The van der Waals surface area contributed by atoms with Gasteiger partial charge in [-0.1, -0.05) is 6.92 Å². The fourth-order valence-corrected chi connectivity index (χ4v) is 2.76. The second-order valence-electron chi connectivity index (χ2n) is 4.72. The van der Waals surface area contributed by atoms with Crippen molar-refractivity contribution in [1.82, 2.24) is 9.97 Å². The highest BCUT2D eigenvalue weighted by molar-refractivity contribution is 9.10. The van der Waals surface area contributed by atoms with E-state index < -0.39 is 0 Å². The average Bonchev–Trinajstić information content (AvgIpc) is 2.44. The number of benzene rings is 1. The Morgan fingerprint density at radius 3 is 2.30 bits per heavy atom. The first-order chi connectivity index (χ1) is 9.47. The number of halogens is 1. The monoisotopic (exact) mass is 335 g/mol. The van der Waals surface area contributed by atoms with E-state index in [1.165, 1.54) is 0 Å². The highest BCUT2D eigenvalue weighted by Crippen LogP contribution is 2.31. The minimum Gasteiger partial charge on any atom is -0.507 e. The van der Waals surface area contributed by atoms with E-state index in [9.17, 15) is 5.11 Å². The molecule has 0 spiro atoms. The summed E-state index contributed by atoms with van der Waals surface area (Å²) in [6.45, 7) is 5.82. The molecule has 2 N–H and O–H groups in total. The van der Waals surface area contributed by atoms with Gasteiger partial charge in [-0.25, -0.2) is 9.97 Å². The number of aromatic hydroxyl groups is 1. The minimum absolute atomic E-state index is 0.329. The van der Waals surface area contributed by atoms with Crippen LogP contribution in [-0.4, -0.2) is 22.1 Å². The van der Waals surface area contributed by atoms with Gasteiger partial charge in [-0.15, -0.1) is 0 Å². The lowest BCUT2D eigenvalue weighted by molar-refractivity contribution is 0.467. The fraction of sp³-hybridized carbons (Fsp3) is 0.333. The van der Waals surface area contributed by atoms with Crippen LogP contribution in [0.5, 0.6) is 5.75 Å². The second kappa shape index (κ2) is 5.79. The summed E-state index contributed by atoms with van der Waals surface area (Å²) in [7, 11) is 1.84. The van der Waals surface area contributed by atoms with E-state index in [2.05, 4.69) is 38.1 Å². The SMILES string of the molecule is CCc1nc(-c2cc(C)c(O)c(C)c2)nc(NC)c1Br. The van der Waals surface area contributed by atoms with E-state index in [0.717, 1.165) is 39.1 Å². The lowest BCUT2D eigenvalue weighted by Crippen LogP contribution is -2.03. The van der Waals surface area contributed by atoms with E-state index in [-0.39, 0.29) is 0 Å². The van der Waals surface area contributed by atoms with Crippen LogP contribution in [0.4, 0.5) is 5.82 Å². The molecule has 20 heavy (non-hydrogen) atoms. The number of nitrogens with one attached hydrogen (secondary N) is 1. The maximum absolute atomic E-state index is 9.86. The van der Waals surface area contributed by atoms with Gasteiger partial charge >= 0.3 is 0 Å². The first-order valence-electron chi connectivity index (χ1n) is 6.52. The largest absolute Gasteiger partial charge is 0.507 e. The fourth-order valence-electron chi connectivity index (χ4n) is 2.11. The van der Waals surface area contributed by atoms with Crippen LogP contribution >= 0.6 is 15.9 Å². The van der Waals surface area contributed by atoms with Gasteiger partial charge in [0.05, 0.1) is 10.2 Å². The lowest BCUT2D eigenvalue weighted by Gasteiger charge is -2.12. The van der Waals surface area contributed by atoms with Gasteiger partial charge in [0.15, 0.2) is 5.82 Å². The van der Waals surface area contributed by atoms with Crippen molar-refractivity contribution in [3.05, 3.63) is 33.4 Å². The molecule has 1 aromatic carbocycles. The summed E-state index contributed by atoms with van der Waals surface area (Å²) in [6.07, 6.45) is 0.820. The van der Waals surface area contributed by atoms with Crippen molar-refractivity contribution < 1.29 is 5.11 Å². The Bertz CT molecular complexity index is 608. The summed E-state index contributed by atoms with van der Waals surface area (Å²) in [6, 6.07) is 3.81. The molecule has 0 bridgehead atoms.